The van der Waals surface area contributed by atoms with Crippen LogP contribution < -0.4 is 5.32 Å². The molecule has 2 nitrogen and oxygen atoms in total. The molecule has 17 heavy (non-hydrogen) atoms. The van der Waals surface area contributed by atoms with Crippen LogP contribution in [0, 0.1) is 19.7 Å². The first-order valence-electron chi connectivity index (χ1n) is 5.54. The van der Waals surface area contributed by atoms with Gasteiger partial charge in [-0.3, -0.25) is 0 Å². The second-order valence-electron chi connectivity index (χ2n) is 4.07. The molecule has 1 aromatic carbocycles. The molecule has 0 saturated carbocycles. The Morgan fingerprint density at radius 2 is 2.00 bits per heavy atom. The van der Waals surface area contributed by atoms with Crippen LogP contribution in [0.4, 0.5) is 10.2 Å². The van der Waals surface area contributed by atoms with Gasteiger partial charge in [0.2, 0.25) is 0 Å². The number of aryl methyl sites for hydroxylation is 2. The fourth-order valence-corrected chi connectivity index (χ4v) is 2.44. The van der Waals surface area contributed by atoms with Gasteiger partial charge in [0.05, 0.1) is 9.99 Å². The van der Waals surface area contributed by atoms with Crippen molar-refractivity contribution in [3.05, 3.63) is 33.5 Å². The average molecular weight is 297 g/mol. The average Bonchev–Trinajstić information content (AvgIpc) is 2.28. The second kappa shape index (κ2) is 4.61. The normalized spacial score (nSPS) is 10.9. The molecule has 2 rings (SSSR count). The molecule has 0 saturated heterocycles. The van der Waals surface area contributed by atoms with Crippen molar-refractivity contribution in [3.63, 3.8) is 0 Å². The summed E-state index contributed by atoms with van der Waals surface area (Å²) in [6.45, 7) is 6.68. The number of aromatic nitrogens is 1. The Hall–Kier alpha value is -1.16. The van der Waals surface area contributed by atoms with Gasteiger partial charge in [0.25, 0.3) is 0 Å². The number of benzene rings is 1. The molecule has 0 aliphatic carbocycles. The summed E-state index contributed by atoms with van der Waals surface area (Å²) in [5.41, 5.74) is 2.63. The largest absolute Gasteiger partial charge is 0.370 e. The second-order valence-corrected chi connectivity index (χ2v) is 4.92. The van der Waals surface area contributed by atoms with Crippen LogP contribution in [-0.2, 0) is 0 Å². The van der Waals surface area contributed by atoms with E-state index >= 15 is 0 Å². The maximum atomic E-state index is 14.0. The molecule has 0 spiro atoms. The molecule has 0 unspecified atom stereocenters. The first kappa shape index (κ1) is 12.3. The van der Waals surface area contributed by atoms with Gasteiger partial charge in [0.1, 0.15) is 11.6 Å². The number of rotatable bonds is 2. The lowest BCUT2D eigenvalue weighted by molar-refractivity contribution is 0.632. The Bertz CT molecular complexity index is 581. The Morgan fingerprint density at radius 3 is 2.65 bits per heavy atom. The van der Waals surface area contributed by atoms with Crippen molar-refractivity contribution in [3.8, 4) is 0 Å². The van der Waals surface area contributed by atoms with Gasteiger partial charge in [-0.25, -0.2) is 9.37 Å². The first-order chi connectivity index (χ1) is 8.04. The maximum absolute atomic E-state index is 14.0. The molecule has 0 bridgehead atoms. The van der Waals surface area contributed by atoms with Crippen molar-refractivity contribution >= 4 is 32.7 Å². The fraction of sp³-hybridized carbons (Fsp3) is 0.308. The molecule has 90 valence electrons. The number of halogens is 2. The van der Waals surface area contributed by atoms with Crippen LogP contribution in [0.1, 0.15) is 18.1 Å². The molecule has 0 atom stereocenters. The van der Waals surface area contributed by atoms with E-state index in [-0.39, 0.29) is 5.82 Å². The zero-order valence-electron chi connectivity index (χ0n) is 10.1. The van der Waals surface area contributed by atoms with E-state index in [0.717, 1.165) is 23.5 Å². The van der Waals surface area contributed by atoms with Crippen molar-refractivity contribution < 1.29 is 4.39 Å². The van der Waals surface area contributed by atoms with E-state index < -0.39 is 0 Å². The van der Waals surface area contributed by atoms with E-state index in [2.05, 4.69) is 26.2 Å². The standard InChI is InChI=1S/C13H14BrFN2/c1-4-16-13-8(3)5-9-11(15)10(14)6-7(2)12(9)17-13/h5-6H,4H2,1-3H3,(H,16,17). The zero-order valence-corrected chi connectivity index (χ0v) is 11.7. The highest BCUT2D eigenvalue weighted by molar-refractivity contribution is 9.10. The summed E-state index contributed by atoms with van der Waals surface area (Å²) < 4.78 is 14.5. The van der Waals surface area contributed by atoms with E-state index in [4.69, 9.17) is 0 Å². The van der Waals surface area contributed by atoms with Crippen molar-refractivity contribution in [2.75, 3.05) is 11.9 Å². The quantitative estimate of drug-likeness (QED) is 0.899. The fourth-order valence-electron chi connectivity index (χ4n) is 1.88. The molecule has 0 aliphatic heterocycles. The van der Waals surface area contributed by atoms with Gasteiger partial charge in [-0.2, -0.15) is 0 Å². The molecule has 2 aromatic rings. The SMILES string of the molecule is CCNc1nc2c(C)cc(Br)c(F)c2cc1C. The smallest absolute Gasteiger partial charge is 0.146 e. The lowest BCUT2D eigenvalue weighted by Gasteiger charge is -2.11. The lowest BCUT2D eigenvalue weighted by Crippen LogP contribution is -2.03. The van der Waals surface area contributed by atoms with Gasteiger partial charge < -0.3 is 5.32 Å². The molecule has 1 heterocycles. The van der Waals surface area contributed by atoms with Gasteiger partial charge in [-0.15, -0.1) is 0 Å². The first-order valence-corrected chi connectivity index (χ1v) is 6.33. The minimum Gasteiger partial charge on any atom is -0.370 e. The topological polar surface area (TPSA) is 24.9 Å². The third kappa shape index (κ3) is 2.14. The maximum Gasteiger partial charge on any atom is 0.146 e. The van der Waals surface area contributed by atoms with Gasteiger partial charge in [0.15, 0.2) is 0 Å². The number of anilines is 1. The minimum absolute atomic E-state index is 0.246. The van der Waals surface area contributed by atoms with Crippen LogP contribution in [0.3, 0.4) is 0 Å². The molecule has 0 radical (unpaired) electrons. The number of nitrogens with one attached hydrogen (secondary N) is 1. The molecule has 0 amide bonds. The number of pyridine rings is 1. The summed E-state index contributed by atoms with van der Waals surface area (Å²) in [6.07, 6.45) is 0. The van der Waals surface area contributed by atoms with E-state index in [0.29, 0.717) is 15.4 Å². The molecular weight excluding hydrogens is 283 g/mol. The summed E-state index contributed by atoms with van der Waals surface area (Å²) >= 11 is 3.22. The monoisotopic (exact) mass is 296 g/mol. The third-order valence-electron chi connectivity index (χ3n) is 2.72. The molecule has 4 heteroatoms. The number of hydrogen-bond donors (Lipinski definition) is 1. The molecule has 0 aliphatic rings. The van der Waals surface area contributed by atoms with E-state index in [1.807, 2.05) is 26.8 Å². The molecular formula is C13H14BrFN2. The predicted molar refractivity (Wildman–Crippen MR) is 73.0 cm³/mol. The Kier molecular flexibility index (Phi) is 3.33. The lowest BCUT2D eigenvalue weighted by atomic mass is 10.1. The van der Waals surface area contributed by atoms with Crippen LogP contribution in [0.2, 0.25) is 0 Å². The summed E-state index contributed by atoms with van der Waals surface area (Å²) in [5.74, 6) is 0.578. The Labute approximate surface area is 108 Å². The molecule has 1 N–H and O–H groups in total. The van der Waals surface area contributed by atoms with Crippen molar-refractivity contribution in [2.45, 2.75) is 20.8 Å². The van der Waals surface area contributed by atoms with Crippen LogP contribution in [0.25, 0.3) is 10.9 Å². The van der Waals surface area contributed by atoms with Gasteiger partial charge >= 0.3 is 0 Å². The molecule has 0 fully saturated rings. The number of fused-ring (bicyclic) bond motifs is 1. The number of nitrogens with zero attached hydrogens (tertiary/aromatic N) is 1. The van der Waals surface area contributed by atoms with Crippen molar-refractivity contribution in [1.29, 1.82) is 0 Å². The van der Waals surface area contributed by atoms with Crippen molar-refractivity contribution in [2.24, 2.45) is 0 Å². The van der Waals surface area contributed by atoms with E-state index in [1.165, 1.54) is 0 Å². The summed E-state index contributed by atoms with van der Waals surface area (Å²) in [5, 5.41) is 3.75. The van der Waals surface area contributed by atoms with Crippen LogP contribution in [-0.4, -0.2) is 11.5 Å². The Balaban J connectivity index is 2.78. The highest BCUT2D eigenvalue weighted by Gasteiger charge is 2.12. The van der Waals surface area contributed by atoms with Gasteiger partial charge in [-0.05, 0) is 60.0 Å². The summed E-state index contributed by atoms with van der Waals surface area (Å²) in [7, 11) is 0. The molecule has 1 aromatic heterocycles. The highest BCUT2D eigenvalue weighted by Crippen LogP contribution is 2.29. The number of hydrogen-bond acceptors (Lipinski definition) is 2. The van der Waals surface area contributed by atoms with Crippen LogP contribution in [0.5, 0.6) is 0 Å². The summed E-state index contributed by atoms with van der Waals surface area (Å²) in [6, 6.07) is 3.60. The van der Waals surface area contributed by atoms with Gasteiger partial charge in [0, 0.05) is 11.9 Å². The van der Waals surface area contributed by atoms with E-state index in [9.17, 15) is 4.39 Å². The van der Waals surface area contributed by atoms with E-state index in [1.54, 1.807) is 6.07 Å². The summed E-state index contributed by atoms with van der Waals surface area (Å²) in [4.78, 5) is 4.49. The predicted octanol–water partition coefficient (Wildman–Crippen LogP) is 4.19. The zero-order chi connectivity index (χ0) is 12.6. The Morgan fingerprint density at radius 1 is 1.29 bits per heavy atom. The van der Waals surface area contributed by atoms with Gasteiger partial charge in [-0.1, -0.05) is 0 Å². The van der Waals surface area contributed by atoms with Crippen LogP contribution in [0.15, 0.2) is 16.6 Å². The third-order valence-corrected chi connectivity index (χ3v) is 3.30. The minimum atomic E-state index is -0.246. The highest BCUT2D eigenvalue weighted by atomic mass is 79.9. The van der Waals surface area contributed by atoms with Crippen molar-refractivity contribution in [1.82, 2.24) is 4.98 Å². The van der Waals surface area contributed by atoms with Crippen LogP contribution >= 0.6 is 15.9 Å².